The molecule has 3 aromatic carbocycles. The number of rotatable bonds is 13. The van der Waals surface area contributed by atoms with Gasteiger partial charge >= 0.3 is 0 Å². The van der Waals surface area contributed by atoms with Crippen LogP contribution >= 0.6 is 0 Å². The van der Waals surface area contributed by atoms with Crippen LogP contribution in [0.25, 0.3) is 0 Å². The minimum Gasteiger partial charge on any atom is -0.497 e. The van der Waals surface area contributed by atoms with Crippen LogP contribution in [0.2, 0.25) is 0 Å². The third-order valence-electron chi connectivity index (χ3n) is 5.67. The Morgan fingerprint density at radius 1 is 0.950 bits per heavy atom. The number of ether oxygens (including phenoxy) is 3. The zero-order valence-corrected chi connectivity index (χ0v) is 23.5. The van der Waals surface area contributed by atoms with Crippen LogP contribution in [0.15, 0.2) is 77.9 Å². The molecule has 212 valence electrons. The van der Waals surface area contributed by atoms with Crippen molar-refractivity contribution < 1.29 is 32.2 Å². The molecule has 0 fully saturated rings. The number of carbonyl (C=O) groups excluding carboxylic acids is 2. The summed E-state index contributed by atoms with van der Waals surface area (Å²) < 4.78 is 41.7. The second-order valence-corrected chi connectivity index (χ2v) is 10.6. The number of hydrogen-bond acceptors (Lipinski definition) is 8. The van der Waals surface area contributed by atoms with Gasteiger partial charge in [0.25, 0.3) is 11.8 Å². The standard InChI is InChI=1S/C28H32N4O7S/c1-20(22-8-6-5-7-9-22)30-28(34)19-39-23-12-10-21(11-13-23)17-29-31-27(33)18-32(40(4,35)36)25-15-14-24(37-2)16-26(25)38-3/h5-17,20H,18-19H2,1-4H3,(H,30,34)(H,31,33)/b29-17-/t20-/m1/s1. The molecule has 0 aromatic heterocycles. The number of benzene rings is 3. The second kappa shape index (κ2) is 14.0. The highest BCUT2D eigenvalue weighted by Gasteiger charge is 2.24. The summed E-state index contributed by atoms with van der Waals surface area (Å²) in [7, 11) is -0.959. The number of nitrogens with zero attached hydrogens (tertiary/aromatic N) is 2. The highest BCUT2D eigenvalue weighted by molar-refractivity contribution is 7.92. The van der Waals surface area contributed by atoms with Gasteiger partial charge in [-0.3, -0.25) is 13.9 Å². The minimum absolute atomic E-state index is 0.142. The summed E-state index contributed by atoms with van der Waals surface area (Å²) in [5, 5.41) is 6.79. The van der Waals surface area contributed by atoms with Gasteiger partial charge in [0.2, 0.25) is 10.0 Å². The van der Waals surface area contributed by atoms with E-state index in [0.717, 1.165) is 16.1 Å². The topological polar surface area (TPSA) is 136 Å². The van der Waals surface area contributed by atoms with E-state index >= 15 is 0 Å². The van der Waals surface area contributed by atoms with Crippen LogP contribution in [-0.2, 0) is 19.6 Å². The SMILES string of the molecule is COc1ccc(N(CC(=O)N/N=C\c2ccc(OCC(=O)N[C@H](C)c3ccccc3)cc2)S(C)(=O)=O)c(OC)c1. The Kier molecular flexibility index (Phi) is 10.5. The molecular weight excluding hydrogens is 536 g/mol. The number of methoxy groups -OCH3 is 2. The lowest BCUT2D eigenvalue weighted by Crippen LogP contribution is -2.39. The van der Waals surface area contributed by atoms with Crippen molar-refractivity contribution in [2.24, 2.45) is 5.10 Å². The number of nitrogens with one attached hydrogen (secondary N) is 2. The highest BCUT2D eigenvalue weighted by atomic mass is 32.2. The fourth-order valence-electron chi connectivity index (χ4n) is 3.62. The first-order valence-corrected chi connectivity index (χ1v) is 14.0. The lowest BCUT2D eigenvalue weighted by atomic mass is 10.1. The molecule has 0 aliphatic carbocycles. The van der Waals surface area contributed by atoms with Gasteiger partial charge in [-0.25, -0.2) is 13.8 Å². The Morgan fingerprint density at radius 3 is 2.25 bits per heavy atom. The van der Waals surface area contributed by atoms with Gasteiger partial charge in [-0.1, -0.05) is 30.3 Å². The third kappa shape index (κ3) is 8.73. The number of hydrazone groups is 1. The summed E-state index contributed by atoms with van der Waals surface area (Å²) in [6.07, 6.45) is 2.39. The number of sulfonamides is 1. The van der Waals surface area contributed by atoms with Crippen LogP contribution in [0.5, 0.6) is 17.2 Å². The van der Waals surface area contributed by atoms with Gasteiger partial charge in [-0.2, -0.15) is 5.10 Å². The van der Waals surface area contributed by atoms with E-state index < -0.39 is 22.5 Å². The Hall–Kier alpha value is -4.58. The van der Waals surface area contributed by atoms with E-state index in [-0.39, 0.29) is 30.0 Å². The fraction of sp³-hybridized carbons (Fsp3) is 0.250. The van der Waals surface area contributed by atoms with Gasteiger partial charge < -0.3 is 19.5 Å². The van der Waals surface area contributed by atoms with Crippen molar-refractivity contribution >= 4 is 33.7 Å². The average Bonchev–Trinajstić information content (AvgIpc) is 2.95. The van der Waals surface area contributed by atoms with Crippen LogP contribution in [0.3, 0.4) is 0 Å². The number of carbonyl (C=O) groups is 2. The zero-order valence-electron chi connectivity index (χ0n) is 22.7. The van der Waals surface area contributed by atoms with Crippen molar-refractivity contribution in [1.82, 2.24) is 10.7 Å². The number of hydrogen-bond donors (Lipinski definition) is 2. The van der Waals surface area contributed by atoms with Gasteiger partial charge in [0, 0.05) is 6.07 Å². The highest BCUT2D eigenvalue weighted by Crippen LogP contribution is 2.33. The van der Waals surface area contributed by atoms with E-state index in [1.807, 2.05) is 37.3 Å². The van der Waals surface area contributed by atoms with Gasteiger partial charge in [-0.05, 0) is 54.4 Å². The molecule has 0 aliphatic heterocycles. The normalized spacial score (nSPS) is 11.9. The molecule has 12 heteroatoms. The van der Waals surface area contributed by atoms with Gasteiger partial charge in [0.1, 0.15) is 23.8 Å². The van der Waals surface area contributed by atoms with Crippen LogP contribution in [0, 0.1) is 0 Å². The Balaban J connectivity index is 1.52. The molecule has 3 aromatic rings. The van der Waals surface area contributed by atoms with E-state index in [9.17, 15) is 18.0 Å². The Labute approximate surface area is 233 Å². The molecule has 0 unspecified atom stereocenters. The summed E-state index contributed by atoms with van der Waals surface area (Å²) >= 11 is 0. The van der Waals surface area contributed by atoms with E-state index in [1.54, 1.807) is 30.3 Å². The molecule has 0 bridgehead atoms. The zero-order chi connectivity index (χ0) is 29.1. The fourth-order valence-corrected chi connectivity index (χ4v) is 4.48. The monoisotopic (exact) mass is 568 g/mol. The first-order valence-electron chi connectivity index (χ1n) is 12.2. The molecule has 1 atom stereocenters. The molecule has 0 heterocycles. The number of amides is 2. The van der Waals surface area contributed by atoms with Crippen LogP contribution < -0.4 is 29.3 Å². The maximum absolute atomic E-state index is 12.5. The lowest BCUT2D eigenvalue weighted by molar-refractivity contribution is -0.123. The van der Waals surface area contributed by atoms with Crippen molar-refractivity contribution in [3.05, 3.63) is 83.9 Å². The molecular formula is C28H32N4O7S. The maximum atomic E-state index is 12.5. The molecule has 40 heavy (non-hydrogen) atoms. The lowest BCUT2D eigenvalue weighted by Gasteiger charge is -2.23. The van der Waals surface area contributed by atoms with Gasteiger partial charge in [0.05, 0.1) is 38.4 Å². The summed E-state index contributed by atoms with van der Waals surface area (Å²) in [4.78, 5) is 24.7. The minimum atomic E-state index is -3.82. The summed E-state index contributed by atoms with van der Waals surface area (Å²) in [6.45, 7) is 1.24. The molecule has 11 nitrogen and oxygen atoms in total. The van der Waals surface area contributed by atoms with Crippen molar-refractivity contribution in [3.63, 3.8) is 0 Å². The van der Waals surface area contributed by atoms with Crippen molar-refractivity contribution in [2.45, 2.75) is 13.0 Å². The van der Waals surface area contributed by atoms with Gasteiger partial charge in [0.15, 0.2) is 6.61 Å². The van der Waals surface area contributed by atoms with E-state index in [4.69, 9.17) is 14.2 Å². The summed E-state index contributed by atoms with van der Waals surface area (Å²) in [6, 6.07) is 20.8. The second-order valence-electron chi connectivity index (χ2n) is 8.66. The number of anilines is 1. The predicted molar refractivity (Wildman–Crippen MR) is 152 cm³/mol. The predicted octanol–water partition coefficient (Wildman–Crippen LogP) is 2.88. The Morgan fingerprint density at radius 2 is 1.62 bits per heavy atom. The van der Waals surface area contributed by atoms with Crippen molar-refractivity contribution in [3.8, 4) is 17.2 Å². The molecule has 2 N–H and O–H groups in total. The summed E-state index contributed by atoms with van der Waals surface area (Å²) in [5.74, 6) is 0.281. The van der Waals surface area contributed by atoms with Crippen LogP contribution in [0.4, 0.5) is 5.69 Å². The molecule has 0 radical (unpaired) electrons. The first kappa shape index (κ1) is 30.0. The average molecular weight is 569 g/mol. The summed E-state index contributed by atoms with van der Waals surface area (Å²) in [5.41, 5.74) is 4.15. The maximum Gasteiger partial charge on any atom is 0.260 e. The largest absolute Gasteiger partial charge is 0.497 e. The van der Waals surface area contributed by atoms with E-state index in [2.05, 4.69) is 15.8 Å². The van der Waals surface area contributed by atoms with Crippen molar-refractivity contribution in [1.29, 1.82) is 0 Å². The van der Waals surface area contributed by atoms with E-state index in [1.165, 1.54) is 32.6 Å². The molecule has 0 saturated carbocycles. The van der Waals surface area contributed by atoms with Crippen molar-refractivity contribution in [2.75, 3.05) is 37.9 Å². The van der Waals surface area contributed by atoms with Crippen LogP contribution in [-0.4, -0.2) is 60.1 Å². The first-order chi connectivity index (χ1) is 19.1. The van der Waals surface area contributed by atoms with Crippen LogP contribution in [0.1, 0.15) is 24.1 Å². The van der Waals surface area contributed by atoms with E-state index in [0.29, 0.717) is 17.1 Å². The molecule has 0 spiro atoms. The Bertz CT molecular complexity index is 1430. The molecule has 2 amide bonds. The molecule has 0 aliphatic rings. The molecule has 0 saturated heterocycles. The smallest absolute Gasteiger partial charge is 0.260 e. The van der Waals surface area contributed by atoms with Gasteiger partial charge in [-0.15, -0.1) is 0 Å². The third-order valence-corrected chi connectivity index (χ3v) is 6.80. The molecule has 3 rings (SSSR count). The quantitative estimate of drug-likeness (QED) is 0.239.